The number of hydrogen-bond acceptors (Lipinski definition) is 4. The Morgan fingerprint density at radius 1 is 1.27 bits per heavy atom. The second-order valence-electron chi connectivity index (χ2n) is 5.22. The average molecular weight is 329 g/mol. The van der Waals surface area contributed by atoms with Crippen LogP contribution in [0.5, 0.6) is 11.5 Å². The van der Waals surface area contributed by atoms with Crippen molar-refractivity contribution in [2.24, 2.45) is 0 Å². The fourth-order valence-electron chi connectivity index (χ4n) is 2.25. The number of halogens is 1. The molecule has 2 rings (SSSR count). The maximum atomic E-state index is 11.8. The smallest absolute Gasteiger partial charge is 0.258 e. The molecule has 0 saturated carbocycles. The summed E-state index contributed by atoms with van der Waals surface area (Å²) < 4.78 is 11.0. The minimum atomic E-state index is -0.0741. The van der Waals surface area contributed by atoms with Crippen LogP contribution in [0.1, 0.15) is 26.2 Å². The van der Waals surface area contributed by atoms with E-state index in [0.717, 1.165) is 38.1 Å². The Bertz CT molecular complexity index is 434. The van der Waals surface area contributed by atoms with Crippen LogP contribution in [0.15, 0.2) is 24.3 Å². The summed E-state index contributed by atoms with van der Waals surface area (Å²) in [6.45, 7) is 4.70. The molecule has 0 spiro atoms. The monoisotopic (exact) mass is 328 g/mol. The van der Waals surface area contributed by atoms with Gasteiger partial charge >= 0.3 is 0 Å². The van der Waals surface area contributed by atoms with Crippen molar-refractivity contribution in [1.82, 2.24) is 10.6 Å². The van der Waals surface area contributed by atoms with Crippen LogP contribution in [0.2, 0.25) is 0 Å². The van der Waals surface area contributed by atoms with Gasteiger partial charge in [-0.25, -0.2) is 0 Å². The van der Waals surface area contributed by atoms with Crippen molar-refractivity contribution in [3.63, 3.8) is 0 Å². The third-order valence-corrected chi connectivity index (χ3v) is 3.33. The minimum absolute atomic E-state index is 0. The van der Waals surface area contributed by atoms with E-state index >= 15 is 0 Å². The van der Waals surface area contributed by atoms with Gasteiger partial charge in [0.1, 0.15) is 11.5 Å². The number of benzene rings is 1. The van der Waals surface area contributed by atoms with Gasteiger partial charge in [0.15, 0.2) is 6.61 Å². The molecule has 6 heteroatoms. The van der Waals surface area contributed by atoms with Crippen molar-refractivity contribution in [2.45, 2.75) is 32.2 Å². The van der Waals surface area contributed by atoms with Gasteiger partial charge in [-0.15, -0.1) is 12.4 Å². The molecule has 1 aromatic rings. The quantitative estimate of drug-likeness (QED) is 0.805. The SMILES string of the molecule is CCCOc1ccc(OCC(=O)N[C@H]2CCCNC2)cc1.Cl. The molecule has 124 valence electrons. The lowest BCUT2D eigenvalue weighted by atomic mass is 10.1. The Hall–Kier alpha value is -1.46. The fourth-order valence-corrected chi connectivity index (χ4v) is 2.25. The summed E-state index contributed by atoms with van der Waals surface area (Å²) in [6.07, 6.45) is 3.11. The third-order valence-electron chi connectivity index (χ3n) is 3.33. The van der Waals surface area contributed by atoms with Gasteiger partial charge in [-0.2, -0.15) is 0 Å². The topological polar surface area (TPSA) is 59.6 Å². The van der Waals surface area contributed by atoms with Crippen LogP contribution >= 0.6 is 12.4 Å². The van der Waals surface area contributed by atoms with Crippen molar-refractivity contribution in [2.75, 3.05) is 26.3 Å². The van der Waals surface area contributed by atoms with Crippen LogP contribution in [0.3, 0.4) is 0 Å². The normalized spacial score (nSPS) is 17.2. The van der Waals surface area contributed by atoms with Gasteiger partial charge in [-0.05, 0) is 50.1 Å². The molecule has 0 unspecified atom stereocenters. The van der Waals surface area contributed by atoms with Crippen LogP contribution in [-0.4, -0.2) is 38.3 Å². The highest BCUT2D eigenvalue weighted by Gasteiger charge is 2.15. The molecule has 1 aromatic carbocycles. The van der Waals surface area contributed by atoms with E-state index in [1.54, 1.807) is 0 Å². The molecule has 0 radical (unpaired) electrons. The highest BCUT2D eigenvalue weighted by molar-refractivity contribution is 5.85. The summed E-state index contributed by atoms with van der Waals surface area (Å²) >= 11 is 0. The first-order valence-electron chi connectivity index (χ1n) is 7.63. The number of piperidine rings is 1. The molecule has 2 N–H and O–H groups in total. The molecular formula is C16H25ClN2O3. The summed E-state index contributed by atoms with van der Waals surface area (Å²) in [5.41, 5.74) is 0. The molecule has 22 heavy (non-hydrogen) atoms. The Balaban J connectivity index is 0.00000242. The number of carbonyl (C=O) groups excluding carboxylic acids is 1. The van der Waals surface area contributed by atoms with Gasteiger partial charge in [0.25, 0.3) is 5.91 Å². The van der Waals surface area contributed by atoms with Crippen LogP contribution in [-0.2, 0) is 4.79 Å². The van der Waals surface area contributed by atoms with E-state index in [2.05, 4.69) is 17.6 Å². The highest BCUT2D eigenvalue weighted by atomic mass is 35.5. The Labute approximate surface area is 138 Å². The van der Waals surface area contributed by atoms with Crippen LogP contribution in [0.25, 0.3) is 0 Å². The van der Waals surface area contributed by atoms with Crippen molar-refractivity contribution in [3.8, 4) is 11.5 Å². The Kier molecular flexibility index (Phi) is 8.70. The Morgan fingerprint density at radius 2 is 1.95 bits per heavy atom. The molecule has 1 atom stereocenters. The molecule has 1 aliphatic heterocycles. The number of ether oxygens (including phenoxy) is 2. The number of carbonyl (C=O) groups is 1. The summed E-state index contributed by atoms with van der Waals surface area (Å²) in [5, 5.41) is 6.24. The zero-order valence-corrected chi connectivity index (χ0v) is 13.8. The lowest BCUT2D eigenvalue weighted by Crippen LogP contribution is -2.46. The van der Waals surface area contributed by atoms with Crippen LogP contribution < -0.4 is 20.1 Å². The number of rotatable bonds is 7. The predicted octanol–water partition coefficient (Wildman–Crippen LogP) is 2.14. The highest BCUT2D eigenvalue weighted by Crippen LogP contribution is 2.17. The molecule has 0 aliphatic carbocycles. The second-order valence-corrected chi connectivity index (χ2v) is 5.22. The molecular weight excluding hydrogens is 304 g/mol. The summed E-state index contributed by atoms with van der Waals surface area (Å²) in [6, 6.07) is 7.57. The van der Waals surface area contributed by atoms with Crippen LogP contribution in [0, 0.1) is 0 Å². The summed E-state index contributed by atoms with van der Waals surface area (Å²) in [7, 11) is 0. The molecule has 0 bridgehead atoms. The molecule has 1 heterocycles. The second kappa shape index (κ2) is 10.3. The van der Waals surface area contributed by atoms with Crippen molar-refractivity contribution >= 4 is 18.3 Å². The van der Waals surface area contributed by atoms with E-state index in [-0.39, 0.29) is 31.0 Å². The van der Waals surface area contributed by atoms with E-state index in [1.165, 1.54) is 0 Å². The average Bonchev–Trinajstić information content (AvgIpc) is 2.53. The van der Waals surface area contributed by atoms with E-state index in [1.807, 2.05) is 24.3 Å². The molecule has 5 nitrogen and oxygen atoms in total. The first kappa shape index (κ1) is 18.6. The van der Waals surface area contributed by atoms with E-state index in [4.69, 9.17) is 9.47 Å². The van der Waals surface area contributed by atoms with Gasteiger partial charge in [0, 0.05) is 12.6 Å². The number of hydrogen-bond donors (Lipinski definition) is 2. The number of nitrogens with one attached hydrogen (secondary N) is 2. The van der Waals surface area contributed by atoms with Gasteiger partial charge in [-0.1, -0.05) is 6.92 Å². The van der Waals surface area contributed by atoms with E-state index in [9.17, 15) is 4.79 Å². The fraction of sp³-hybridized carbons (Fsp3) is 0.562. The van der Waals surface area contributed by atoms with Crippen LogP contribution in [0.4, 0.5) is 0 Å². The standard InChI is InChI=1S/C16H24N2O3.ClH/c1-2-10-20-14-5-7-15(8-6-14)21-12-16(19)18-13-4-3-9-17-11-13;/h5-8,13,17H,2-4,9-12H2,1H3,(H,18,19);1H/t13-;/m0./s1. The van der Waals surface area contributed by atoms with Crippen molar-refractivity contribution in [1.29, 1.82) is 0 Å². The van der Waals surface area contributed by atoms with Crippen molar-refractivity contribution in [3.05, 3.63) is 24.3 Å². The minimum Gasteiger partial charge on any atom is -0.494 e. The van der Waals surface area contributed by atoms with E-state index in [0.29, 0.717) is 12.4 Å². The lowest BCUT2D eigenvalue weighted by molar-refractivity contribution is -0.123. The van der Waals surface area contributed by atoms with Crippen molar-refractivity contribution < 1.29 is 14.3 Å². The predicted molar refractivity (Wildman–Crippen MR) is 89.0 cm³/mol. The molecule has 1 aliphatic rings. The van der Waals surface area contributed by atoms with Gasteiger partial charge in [-0.3, -0.25) is 4.79 Å². The molecule has 1 saturated heterocycles. The van der Waals surface area contributed by atoms with E-state index < -0.39 is 0 Å². The van der Waals surface area contributed by atoms with Gasteiger partial charge < -0.3 is 20.1 Å². The molecule has 1 amide bonds. The summed E-state index contributed by atoms with van der Waals surface area (Å²) in [5.74, 6) is 1.42. The number of amides is 1. The zero-order valence-electron chi connectivity index (χ0n) is 13.0. The lowest BCUT2D eigenvalue weighted by Gasteiger charge is -2.23. The third kappa shape index (κ3) is 6.54. The largest absolute Gasteiger partial charge is 0.494 e. The molecule has 1 fully saturated rings. The maximum Gasteiger partial charge on any atom is 0.258 e. The summed E-state index contributed by atoms with van der Waals surface area (Å²) in [4.78, 5) is 11.8. The van der Waals surface area contributed by atoms with Gasteiger partial charge in [0.2, 0.25) is 0 Å². The first-order valence-corrected chi connectivity index (χ1v) is 7.63. The molecule has 0 aromatic heterocycles. The Morgan fingerprint density at radius 3 is 2.55 bits per heavy atom. The maximum absolute atomic E-state index is 11.8. The zero-order chi connectivity index (χ0) is 14.9. The van der Waals surface area contributed by atoms with Gasteiger partial charge in [0.05, 0.1) is 6.61 Å². The first-order chi connectivity index (χ1) is 10.3.